The molecular weight excluding hydrogens is 342 g/mol. The lowest BCUT2D eigenvalue weighted by molar-refractivity contribution is 0.753. The number of rotatable bonds is 2. The van der Waals surface area contributed by atoms with Crippen LogP contribution in [0.25, 0.3) is 4.85 Å². The first-order valence-electron chi connectivity index (χ1n) is 7.04. The molecule has 0 fully saturated rings. The van der Waals surface area contributed by atoms with Gasteiger partial charge in [0, 0.05) is 17.2 Å². The van der Waals surface area contributed by atoms with Gasteiger partial charge in [0.15, 0.2) is 5.70 Å². The minimum absolute atomic E-state index is 0.108. The smallest absolute Gasteiger partial charge is 0.195 e. The van der Waals surface area contributed by atoms with Gasteiger partial charge in [-0.15, -0.1) is 0 Å². The van der Waals surface area contributed by atoms with Gasteiger partial charge in [0.25, 0.3) is 0 Å². The topological polar surface area (TPSA) is 68.9 Å². The van der Waals surface area contributed by atoms with Crippen molar-refractivity contribution in [2.75, 3.05) is 5.32 Å². The lowest BCUT2D eigenvalue weighted by Crippen LogP contribution is -2.25. The van der Waals surface area contributed by atoms with Crippen LogP contribution in [0.4, 0.5) is 5.82 Å². The standard InChI is InChI=1S/C16H14BrN5/c1-3-12-15(19-2)13(11-8-20-22-16(11)21-12)10-6-4-5-9(7-18)14(10)17/h4-6,8-9,13-14H,3H2,1H3,(H2,20,21,22). The Morgan fingerprint density at radius 3 is 3.05 bits per heavy atom. The Labute approximate surface area is 137 Å². The molecule has 0 bridgehead atoms. The molecule has 6 heteroatoms. The third kappa shape index (κ3) is 2.17. The Hall–Kier alpha value is -2.31. The number of nitrogens with one attached hydrogen (secondary N) is 2. The summed E-state index contributed by atoms with van der Waals surface area (Å²) in [4.78, 5) is 3.67. The van der Waals surface area contributed by atoms with Crippen LogP contribution in [0.2, 0.25) is 0 Å². The third-order valence-electron chi connectivity index (χ3n) is 4.04. The third-order valence-corrected chi connectivity index (χ3v) is 5.13. The van der Waals surface area contributed by atoms with E-state index in [2.05, 4.69) is 42.4 Å². The Bertz CT molecular complexity index is 771. The van der Waals surface area contributed by atoms with Crippen molar-refractivity contribution in [2.24, 2.45) is 5.92 Å². The Kier molecular flexibility index (Phi) is 3.87. The average molecular weight is 356 g/mol. The second-order valence-corrected chi connectivity index (χ2v) is 6.18. The molecule has 1 aromatic heterocycles. The quantitative estimate of drug-likeness (QED) is 0.625. The van der Waals surface area contributed by atoms with E-state index in [0.29, 0.717) is 5.70 Å². The zero-order chi connectivity index (χ0) is 15.7. The monoisotopic (exact) mass is 355 g/mol. The van der Waals surface area contributed by atoms with Gasteiger partial charge in [-0.3, -0.25) is 5.10 Å². The van der Waals surface area contributed by atoms with Crippen LogP contribution in [0.1, 0.15) is 24.8 Å². The zero-order valence-corrected chi connectivity index (χ0v) is 13.6. The summed E-state index contributed by atoms with van der Waals surface area (Å²) in [6.45, 7) is 9.63. The Morgan fingerprint density at radius 2 is 2.36 bits per heavy atom. The summed E-state index contributed by atoms with van der Waals surface area (Å²) >= 11 is 3.64. The average Bonchev–Trinajstić information content (AvgIpc) is 3.01. The van der Waals surface area contributed by atoms with Gasteiger partial charge in [-0.2, -0.15) is 10.4 Å². The highest BCUT2D eigenvalue weighted by Crippen LogP contribution is 2.46. The lowest BCUT2D eigenvalue weighted by atomic mass is 9.80. The minimum atomic E-state index is -0.234. The molecule has 0 saturated heterocycles. The van der Waals surface area contributed by atoms with E-state index < -0.39 is 0 Å². The maximum atomic E-state index is 9.29. The second-order valence-electron chi connectivity index (χ2n) is 5.20. The van der Waals surface area contributed by atoms with Crippen molar-refractivity contribution in [3.63, 3.8) is 0 Å². The number of aromatic nitrogens is 2. The number of hydrogen-bond donors (Lipinski definition) is 2. The number of anilines is 1. The molecule has 0 saturated carbocycles. The molecule has 110 valence electrons. The molecule has 1 aromatic rings. The van der Waals surface area contributed by atoms with Gasteiger partial charge in [0.05, 0.1) is 29.6 Å². The molecule has 22 heavy (non-hydrogen) atoms. The molecule has 3 atom stereocenters. The number of aromatic amines is 1. The molecule has 3 unspecified atom stereocenters. The number of nitrogens with zero attached hydrogens (tertiary/aromatic N) is 3. The van der Waals surface area contributed by atoms with Crippen LogP contribution in [0, 0.1) is 23.8 Å². The van der Waals surface area contributed by atoms with E-state index in [1.807, 2.05) is 25.2 Å². The van der Waals surface area contributed by atoms with Crippen molar-refractivity contribution in [3.8, 4) is 6.07 Å². The highest BCUT2D eigenvalue weighted by molar-refractivity contribution is 9.09. The molecule has 0 aromatic carbocycles. The van der Waals surface area contributed by atoms with Gasteiger partial charge in [0.1, 0.15) is 5.82 Å². The Balaban J connectivity index is 2.15. The number of halogens is 1. The summed E-state index contributed by atoms with van der Waals surface area (Å²) in [7, 11) is 0. The number of hydrogen-bond acceptors (Lipinski definition) is 3. The number of fused-ring (bicyclic) bond motifs is 1. The van der Waals surface area contributed by atoms with E-state index >= 15 is 0 Å². The van der Waals surface area contributed by atoms with Gasteiger partial charge in [-0.1, -0.05) is 46.7 Å². The van der Waals surface area contributed by atoms with Gasteiger partial charge in [0.2, 0.25) is 0 Å². The molecule has 1 aliphatic heterocycles. The van der Waals surface area contributed by atoms with Crippen molar-refractivity contribution in [1.82, 2.24) is 10.2 Å². The fraction of sp³-hybridized carbons (Fsp3) is 0.312. The summed E-state index contributed by atoms with van der Waals surface area (Å²) in [5.41, 5.74) is 3.56. The van der Waals surface area contributed by atoms with Crippen molar-refractivity contribution in [1.29, 1.82) is 5.26 Å². The Morgan fingerprint density at radius 1 is 1.55 bits per heavy atom. The van der Waals surface area contributed by atoms with E-state index in [9.17, 15) is 5.26 Å². The molecule has 0 radical (unpaired) electrons. The van der Waals surface area contributed by atoms with Crippen LogP contribution in [-0.2, 0) is 0 Å². The van der Waals surface area contributed by atoms with E-state index in [4.69, 9.17) is 6.57 Å². The molecule has 0 amide bonds. The van der Waals surface area contributed by atoms with Gasteiger partial charge in [-0.05, 0) is 6.42 Å². The van der Waals surface area contributed by atoms with Crippen molar-refractivity contribution >= 4 is 21.7 Å². The van der Waals surface area contributed by atoms with Crippen LogP contribution in [-0.4, -0.2) is 15.0 Å². The molecule has 2 N–H and O–H groups in total. The van der Waals surface area contributed by atoms with Crippen molar-refractivity contribution < 1.29 is 0 Å². The highest BCUT2D eigenvalue weighted by Gasteiger charge is 2.37. The fourth-order valence-corrected chi connectivity index (χ4v) is 3.65. The van der Waals surface area contributed by atoms with Gasteiger partial charge in [-0.25, -0.2) is 4.85 Å². The maximum absolute atomic E-state index is 9.29. The first kappa shape index (κ1) is 14.6. The SMILES string of the molecule is [C-]#[N+]C1=C(CC)Nc2[nH]ncc2C1C1=CC=CC(C#N)C1Br. The lowest BCUT2D eigenvalue weighted by Gasteiger charge is -2.31. The summed E-state index contributed by atoms with van der Waals surface area (Å²) < 4.78 is 0. The van der Waals surface area contributed by atoms with E-state index in [0.717, 1.165) is 29.1 Å². The summed E-state index contributed by atoms with van der Waals surface area (Å²) in [6, 6.07) is 2.29. The first-order chi connectivity index (χ1) is 10.7. The van der Waals surface area contributed by atoms with Gasteiger partial charge >= 0.3 is 0 Å². The summed E-state index contributed by atoms with van der Waals surface area (Å²) in [5, 5.41) is 19.6. The van der Waals surface area contributed by atoms with Crippen molar-refractivity contribution in [3.05, 3.63) is 58.4 Å². The first-order valence-corrected chi connectivity index (χ1v) is 7.95. The predicted molar refractivity (Wildman–Crippen MR) is 87.9 cm³/mol. The van der Waals surface area contributed by atoms with Crippen LogP contribution in [0.3, 0.4) is 0 Å². The molecule has 2 heterocycles. The van der Waals surface area contributed by atoms with E-state index in [1.54, 1.807) is 6.20 Å². The molecule has 0 spiro atoms. The normalized spacial score (nSPS) is 26.5. The molecule has 2 aliphatic rings. The van der Waals surface area contributed by atoms with Crippen LogP contribution in [0.5, 0.6) is 0 Å². The number of allylic oxidation sites excluding steroid dienone is 5. The number of nitriles is 1. The van der Waals surface area contributed by atoms with E-state index in [1.165, 1.54) is 0 Å². The second kappa shape index (κ2) is 5.82. The molecular formula is C16H14BrN5. The molecule has 1 aliphatic carbocycles. The summed E-state index contributed by atoms with van der Waals surface area (Å²) in [5.74, 6) is 0.424. The van der Waals surface area contributed by atoms with Crippen LogP contribution < -0.4 is 5.32 Å². The fourth-order valence-electron chi connectivity index (χ4n) is 2.94. The molecule has 5 nitrogen and oxygen atoms in total. The minimum Gasteiger partial charge on any atom is -0.354 e. The van der Waals surface area contributed by atoms with Crippen molar-refractivity contribution in [2.45, 2.75) is 24.1 Å². The highest BCUT2D eigenvalue weighted by atomic mass is 79.9. The molecule has 3 rings (SSSR count). The number of alkyl halides is 1. The van der Waals surface area contributed by atoms with Crippen LogP contribution >= 0.6 is 15.9 Å². The maximum Gasteiger partial charge on any atom is 0.195 e. The summed E-state index contributed by atoms with van der Waals surface area (Å²) in [6.07, 6.45) is 8.27. The van der Waals surface area contributed by atoms with E-state index in [-0.39, 0.29) is 16.7 Å². The zero-order valence-electron chi connectivity index (χ0n) is 12.0. The number of H-pyrrole nitrogens is 1. The van der Waals surface area contributed by atoms with Crippen LogP contribution in [0.15, 0.2) is 41.4 Å². The predicted octanol–water partition coefficient (Wildman–Crippen LogP) is 3.86. The largest absolute Gasteiger partial charge is 0.354 e. The van der Waals surface area contributed by atoms with Gasteiger partial charge < -0.3 is 5.32 Å².